The summed E-state index contributed by atoms with van der Waals surface area (Å²) in [7, 11) is 2.33. The molecule has 1 N–H and O–H groups in total. The van der Waals surface area contributed by atoms with Crippen LogP contribution in [0, 0.1) is 11.8 Å². The average Bonchev–Trinajstić information content (AvgIpc) is 2.27. The Bertz CT molecular complexity index is 211. The van der Waals surface area contributed by atoms with Crippen molar-refractivity contribution in [1.29, 1.82) is 0 Å². The van der Waals surface area contributed by atoms with Crippen LogP contribution in [-0.4, -0.2) is 37.6 Å². The van der Waals surface area contributed by atoms with Crippen LogP contribution in [0.2, 0.25) is 0 Å². The van der Waals surface area contributed by atoms with Gasteiger partial charge in [-0.15, -0.1) is 0 Å². The Balaban J connectivity index is 1.73. The maximum absolute atomic E-state index is 3.69. The molecule has 2 aliphatic rings. The highest BCUT2D eigenvalue weighted by Crippen LogP contribution is 2.29. The first-order valence-electron chi connectivity index (χ1n) is 7.71. The summed E-state index contributed by atoms with van der Waals surface area (Å²) in [4.78, 5) is 2.60. The molecular formula is C15H30N2. The summed E-state index contributed by atoms with van der Waals surface area (Å²) in [5.41, 5.74) is 0. The maximum atomic E-state index is 3.69. The highest BCUT2D eigenvalue weighted by atomic mass is 15.1. The zero-order chi connectivity index (χ0) is 12.1. The molecule has 2 heteroatoms. The standard InChI is InChI=1S/C15H30N2/c1-3-16-15-10-5-4-9-14(15)12-17(2)11-13-7-6-8-13/h13-16H,3-12H2,1-2H3. The van der Waals surface area contributed by atoms with Gasteiger partial charge in [0.25, 0.3) is 0 Å². The number of nitrogens with one attached hydrogen (secondary N) is 1. The molecule has 100 valence electrons. The van der Waals surface area contributed by atoms with E-state index in [4.69, 9.17) is 0 Å². The molecule has 0 bridgehead atoms. The number of hydrogen-bond donors (Lipinski definition) is 1. The molecule has 0 aromatic heterocycles. The summed E-state index contributed by atoms with van der Waals surface area (Å²) >= 11 is 0. The van der Waals surface area contributed by atoms with Gasteiger partial charge >= 0.3 is 0 Å². The first-order chi connectivity index (χ1) is 8.29. The van der Waals surface area contributed by atoms with Crippen LogP contribution in [0.1, 0.15) is 51.9 Å². The monoisotopic (exact) mass is 238 g/mol. The third-order valence-electron chi connectivity index (χ3n) is 4.72. The van der Waals surface area contributed by atoms with E-state index in [1.54, 1.807) is 0 Å². The molecule has 2 nitrogen and oxygen atoms in total. The fourth-order valence-electron chi connectivity index (χ4n) is 3.55. The van der Waals surface area contributed by atoms with E-state index in [1.807, 2.05) is 0 Å². The van der Waals surface area contributed by atoms with Crippen LogP contribution in [0.4, 0.5) is 0 Å². The van der Waals surface area contributed by atoms with Crippen molar-refractivity contribution < 1.29 is 0 Å². The van der Waals surface area contributed by atoms with Crippen molar-refractivity contribution in [2.24, 2.45) is 11.8 Å². The summed E-state index contributed by atoms with van der Waals surface area (Å²) in [5, 5.41) is 3.69. The van der Waals surface area contributed by atoms with Gasteiger partial charge in [-0.2, -0.15) is 0 Å². The molecule has 2 atom stereocenters. The maximum Gasteiger partial charge on any atom is 0.0107 e. The number of nitrogens with zero attached hydrogens (tertiary/aromatic N) is 1. The van der Waals surface area contributed by atoms with Crippen LogP contribution in [0.3, 0.4) is 0 Å². The van der Waals surface area contributed by atoms with E-state index in [2.05, 4.69) is 24.2 Å². The van der Waals surface area contributed by atoms with Crippen LogP contribution in [-0.2, 0) is 0 Å². The molecular weight excluding hydrogens is 208 g/mol. The first-order valence-corrected chi connectivity index (χ1v) is 7.71. The third-order valence-corrected chi connectivity index (χ3v) is 4.72. The second-order valence-corrected chi connectivity index (χ2v) is 6.23. The fourth-order valence-corrected chi connectivity index (χ4v) is 3.55. The minimum absolute atomic E-state index is 0.789. The van der Waals surface area contributed by atoms with Gasteiger partial charge in [-0.25, -0.2) is 0 Å². The molecule has 0 amide bonds. The Kier molecular flexibility index (Phi) is 5.30. The molecule has 2 aliphatic carbocycles. The molecule has 2 fully saturated rings. The highest BCUT2D eigenvalue weighted by molar-refractivity contribution is 4.83. The first kappa shape index (κ1) is 13.4. The van der Waals surface area contributed by atoms with Gasteiger partial charge in [-0.3, -0.25) is 0 Å². The van der Waals surface area contributed by atoms with Gasteiger partial charge in [0, 0.05) is 19.1 Å². The van der Waals surface area contributed by atoms with Crippen LogP contribution >= 0.6 is 0 Å². The minimum atomic E-state index is 0.789. The fraction of sp³-hybridized carbons (Fsp3) is 1.00. The zero-order valence-corrected chi connectivity index (χ0v) is 11.8. The summed E-state index contributed by atoms with van der Waals surface area (Å²) in [6.45, 7) is 6.03. The molecule has 2 rings (SSSR count). The van der Waals surface area contributed by atoms with Gasteiger partial charge in [0.1, 0.15) is 0 Å². The largest absolute Gasteiger partial charge is 0.314 e. The van der Waals surface area contributed by atoms with Crippen LogP contribution < -0.4 is 5.32 Å². The molecule has 2 saturated carbocycles. The second kappa shape index (κ2) is 6.75. The average molecular weight is 238 g/mol. The van der Waals surface area contributed by atoms with Gasteiger partial charge in [0.2, 0.25) is 0 Å². The summed E-state index contributed by atoms with van der Waals surface area (Å²) in [6.07, 6.45) is 10.1. The Morgan fingerprint density at radius 2 is 1.76 bits per heavy atom. The summed E-state index contributed by atoms with van der Waals surface area (Å²) in [5.74, 6) is 1.91. The molecule has 0 saturated heterocycles. The number of rotatable bonds is 6. The van der Waals surface area contributed by atoms with Gasteiger partial charge in [-0.05, 0) is 51.1 Å². The van der Waals surface area contributed by atoms with Gasteiger partial charge in [0.15, 0.2) is 0 Å². The molecule has 2 unspecified atom stereocenters. The zero-order valence-electron chi connectivity index (χ0n) is 11.8. The lowest BCUT2D eigenvalue weighted by Gasteiger charge is -2.37. The van der Waals surface area contributed by atoms with E-state index in [-0.39, 0.29) is 0 Å². The van der Waals surface area contributed by atoms with Crippen molar-refractivity contribution in [2.45, 2.75) is 57.9 Å². The smallest absolute Gasteiger partial charge is 0.0107 e. The normalized spacial score (nSPS) is 30.5. The molecule has 0 aromatic rings. The van der Waals surface area contributed by atoms with Crippen molar-refractivity contribution in [3.63, 3.8) is 0 Å². The molecule has 0 heterocycles. The number of hydrogen-bond acceptors (Lipinski definition) is 2. The predicted octanol–water partition coefficient (Wildman–Crippen LogP) is 2.89. The molecule has 17 heavy (non-hydrogen) atoms. The SMILES string of the molecule is CCNC1CCCCC1CN(C)CC1CCC1. The topological polar surface area (TPSA) is 15.3 Å². The van der Waals surface area contributed by atoms with Crippen molar-refractivity contribution in [3.8, 4) is 0 Å². The molecule has 0 spiro atoms. The molecule has 0 radical (unpaired) electrons. The van der Waals surface area contributed by atoms with Crippen LogP contribution in [0.5, 0.6) is 0 Å². The van der Waals surface area contributed by atoms with E-state index < -0.39 is 0 Å². The minimum Gasteiger partial charge on any atom is -0.314 e. The Labute approximate surface area is 107 Å². The molecule has 0 aromatic carbocycles. The van der Waals surface area contributed by atoms with Crippen LogP contribution in [0.25, 0.3) is 0 Å². The Hall–Kier alpha value is -0.0800. The third kappa shape index (κ3) is 3.96. The Morgan fingerprint density at radius 1 is 1.00 bits per heavy atom. The highest BCUT2D eigenvalue weighted by Gasteiger charge is 2.26. The van der Waals surface area contributed by atoms with E-state index in [0.717, 1.165) is 24.4 Å². The van der Waals surface area contributed by atoms with Gasteiger partial charge in [0.05, 0.1) is 0 Å². The van der Waals surface area contributed by atoms with E-state index >= 15 is 0 Å². The summed E-state index contributed by atoms with van der Waals surface area (Å²) < 4.78 is 0. The van der Waals surface area contributed by atoms with Crippen LogP contribution in [0.15, 0.2) is 0 Å². The van der Waals surface area contributed by atoms with E-state index in [1.165, 1.54) is 58.0 Å². The van der Waals surface area contributed by atoms with Crippen molar-refractivity contribution in [2.75, 3.05) is 26.7 Å². The molecule has 0 aliphatic heterocycles. The summed E-state index contributed by atoms with van der Waals surface area (Å²) in [6, 6.07) is 0.789. The predicted molar refractivity (Wildman–Crippen MR) is 74.3 cm³/mol. The lowest BCUT2D eigenvalue weighted by Crippen LogP contribution is -2.44. The van der Waals surface area contributed by atoms with E-state index in [0.29, 0.717) is 0 Å². The Morgan fingerprint density at radius 3 is 2.41 bits per heavy atom. The van der Waals surface area contributed by atoms with Crippen molar-refractivity contribution >= 4 is 0 Å². The second-order valence-electron chi connectivity index (χ2n) is 6.23. The lowest BCUT2D eigenvalue weighted by atomic mass is 9.82. The van der Waals surface area contributed by atoms with Gasteiger partial charge < -0.3 is 10.2 Å². The van der Waals surface area contributed by atoms with E-state index in [9.17, 15) is 0 Å². The van der Waals surface area contributed by atoms with Gasteiger partial charge in [-0.1, -0.05) is 26.2 Å². The quantitative estimate of drug-likeness (QED) is 0.765. The van der Waals surface area contributed by atoms with Crippen molar-refractivity contribution in [3.05, 3.63) is 0 Å². The van der Waals surface area contributed by atoms with Crippen molar-refractivity contribution in [1.82, 2.24) is 10.2 Å². The lowest BCUT2D eigenvalue weighted by molar-refractivity contribution is 0.150.